The summed E-state index contributed by atoms with van der Waals surface area (Å²) in [7, 11) is 0. The zero-order valence-electron chi connectivity index (χ0n) is 20.0. The van der Waals surface area contributed by atoms with Crippen LogP contribution in [0, 0.1) is 11.3 Å². The van der Waals surface area contributed by atoms with Crippen molar-refractivity contribution in [3.63, 3.8) is 0 Å². The molecule has 2 heterocycles. The average Bonchev–Trinajstić information content (AvgIpc) is 3.33. The number of carbonyl (C=O) groups excluding carboxylic acids is 1. The first kappa shape index (κ1) is 26.0. The lowest BCUT2D eigenvalue weighted by Crippen LogP contribution is -2.48. The minimum absolute atomic E-state index is 0.0371. The number of alkyl halides is 3. The highest BCUT2D eigenvalue weighted by Crippen LogP contribution is 2.23. The summed E-state index contributed by atoms with van der Waals surface area (Å²) in [5, 5.41) is 8.96. The molecule has 2 aromatic carbocycles. The van der Waals surface area contributed by atoms with Gasteiger partial charge in [0.25, 0.3) is 0 Å². The van der Waals surface area contributed by atoms with Crippen LogP contribution in [-0.2, 0) is 24.4 Å². The highest BCUT2D eigenvalue weighted by atomic mass is 19.4. The molecule has 0 spiro atoms. The molecule has 0 saturated carbocycles. The van der Waals surface area contributed by atoms with E-state index >= 15 is 0 Å². The monoisotopic (exact) mass is 513 g/mol. The number of hydrogen-bond donors (Lipinski definition) is 0. The SMILES string of the molecule is N#Cc1ccc(Cn2cncc2CN2CCN(C(=O)OCc3ccccc3OCC(F)(F)F)CC2)cc1. The molecule has 1 aromatic heterocycles. The first-order chi connectivity index (χ1) is 17.8. The second-order valence-electron chi connectivity index (χ2n) is 8.65. The molecule has 1 fully saturated rings. The molecule has 37 heavy (non-hydrogen) atoms. The standard InChI is InChI=1S/C26H26F3N5O3/c27-26(28,29)18-37-24-4-2-1-3-22(24)17-36-25(35)33-11-9-32(10-12-33)16-23-14-31-19-34(23)15-21-7-5-20(13-30)6-8-21/h1-8,14,19H,9-12,15-18H2. The fourth-order valence-corrected chi connectivity index (χ4v) is 3.98. The van der Waals surface area contributed by atoms with E-state index in [0.29, 0.717) is 50.4 Å². The van der Waals surface area contributed by atoms with Gasteiger partial charge in [0, 0.05) is 51.0 Å². The van der Waals surface area contributed by atoms with Gasteiger partial charge in [-0.3, -0.25) is 4.90 Å². The average molecular weight is 514 g/mol. The van der Waals surface area contributed by atoms with Crippen molar-refractivity contribution in [1.29, 1.82) is 5.26 Å². The van der Waals surface area contributed by atoms with E-state index in [0.717, 1.165) is 11.3 Å². The molecule has 1 aliphatic heterocycles. The van der Waals surface area contributed by atoms with Crippen LogP contribution in [0.1, 0.15) is 22.4 Å². The summed E-state index contributed by atoms with van der Waals surface area (Å²) >= 11 is 0. The molecule has 1 aliphatic rings. The number of imidazole rings is 1. The van der Waals surface area contributed by atoms with E-state index in [2.05, 4.69) is 20.5 Å². The smallest absolute Gasteiger partial charge is 0.422 e. The summed E-state index contributed by atoms with van der Waals surface area (Å²) in [5.41, 5.74) is 3.09. The van der Waals surface area contributed by atoms with Crippen molar-refractivity contribution in [3.8, 4) is 11.8 Å². The van der Waals surface area contributed by atoms with E-state index in [-0.39, 0.29) is 12.4 Å². The minimum Gasteiger partial charge on any atom is -0.484 e. The number of hydrogen-bond acceptors (Lipinski definition) is 6. The Bertz CT molecular complexity index is 1230. The number of ether oxygens (including phenoxy) is 2. The van der Waals surface area contributed by atoms with Crippen LogP contribution in [0.3, 0.4) is 0 Å². The van der Waals surface area contributed by atoms with E-state index in [9.17, 15) is 18.0 Å². The van der Waals surface area contributed by atoms with Gasteiger partial charge in [-0.25, -0.2) is 9.78 Å². The van der Waals surface area contributed by atoms with Crippen molar-refractivity contribution in [2.24, 2.45) is 0 Å². The van der Waals surface area contributed by atoms with E-state index in [1.54, 1.807) is 41.6 Å². The maximum atomic E-state index is 12.6. The maximum Gasteiger partial charge on any atom is 0.422 e. The summed E-state index contributed by atoms with van der Waals surface area (Å²) < 4.78 is 49.7. The van der Waals surface area contributed by atoms with Gasteiger partial charge < -0.3 is 18.9 Å². The number of piperazine rings is 1. The summed E-state index contributed by atoms with van der Waals surface area (Å²) in [4.78, 5) is 20.6. The zero-order valence-corrected chi connectivity index (χ0v) is 20.0. The number of carbonyl (C=O) groups is 1. The Balaban J connectivity index is 1.25. The minimum atomic E-state index is -4.45. The quantitative estimate of drug-likeness (QED) is 0.449. The highest BCUT2D eigenvalue weighted by Gasteiger charge is 2.29. The second-order valence-corrected chi connectivity index (χ2v) is 8.65. The fraction of sp³-hybridized carbons (Fsp3) is 0.346. The molecule has 0 radical (unpaired) electrons. The highest BCUT2D eigenvalue weighted by molar-refractivity contribution is 5.67. The van der Waals surface area contributed by atoms with Crippen molar-refractivity contribution in [2.45, 2.75) is 25.9 Å². The Kier molecular flexibility index (Phi) is 8.30. The summed E-state index contributed by atoms with van der Waals surface area (Å²) in [6, 6.07) is 15.7. The summed E-state index contributed by atoms with van der Waals surface area (Å²) in [5.74, 6) is 0.0371. The lowest BCUT2D eigenvalue weighted by atomic mass is 10.1. The molecule has 194 valence electrons. The molecule has 8 nitrogen and oxygen atoms in total. The largest absolute Gasteiger partial charge is 0.484 e. The predicted octanol–water partition coefficient (Wildman–Crippen LogP) is 4.20. The first-order valence-electron chi connectivity index (χ1n) is 11.7. The van der Waals surface area contributed by atoms with Crippen LogP contribution in [-0.4, -0.2) is 64.4 Å². The molecule has 0 aliphatic carbocycles. The van der Waals surface area contributed by atoms with Gasteiger partial charge >= 0.3 is 12.3 Å². The van der Waals surface area contributed by atoms with Gasteiger partial charge in [0.15, 0.2) is 6.61 Å². The Morgan fingerprint density at radius 1 is 1.03 bits per heavy atom. The number of rotatable bonds is 8. The van der Waals surface area contributed by atoms with Gasteiger partial charge in [0.1, 0.15) is 12.4 Å². The molecule has 0 unspecified atom stereocenters. The Morgan fingerprint density at radius 3 is 2.46 bits per heavy atom. The molecule has 11 heteroatoms. The van der Waals surface area contributed by atoms with Crippen LogP contribution >= 0.6 is 0 Å². The van der Waals surface area contributed by atoms with Crippen molar-refractivity contribution in [2.75, 3.05) is 32.8 Å². The molecule has 0 bridgehead atoms. The molecular weight excluding hydrogens is 487 g/mol. The van der Waals surface area contributed by atoms with Crippen molar-refractivity contribution >= 4 is 6.09 Å². The molecule has 1 amide bonds. The number of benzene rings is 2. The summed E-state index contributed by atoms with van der Waals surface area (Å²) in [6.07, 6.45) is -1.37. The van der Waals surface area contributed by atoms with Crippen LogP contribution in [0.4, 0.5) is 18.0 Å². The van der Waals surface area contributed by atoms with Crippen LogP contribution in [0.5, 0.6) is 5.75 Å². The molecule has 0 N–H and O–H groups in total. The molecule has 4 rings (SSSR count). The van der Waals surface area contributed by atoms with Crippen LogP contribution in [0.15, 0.2) is 61.1 Å². The third-order valence-electron chi connectivity index (χ3n) is 5.97. The molecule has 1 saturated heterocycles. The molecular formula is C26H26F3N5O3. The topological polar surface area (TPSA) is 83.6 Å². The Hall–Kier alpha value is -4.04. The fourth-order valence-electron chi connectivity index (χ4n) is 3.98. The second kappa shape index (κ2) is 11.8. The number of nitrogens with zero attached hydrogens (tertiary/aromatic N) is 5. The van der Waals surface area contributed by atoms with E-state index < -0.39 is 18.9 Å². The van der Waals surface area contributed by atoms with Gasteiger partial charge in [-0.05, 0) is 23.8 Å². The number of amides is 1. The third-order valence-corrected chi connectivity index (χ3v) is 5.97. The predicted molar refractivity (Wildman–Crippen MR) is 128 cm³/mol. The zero-order chi connectivity index (χ0) is 26.3. The van der Waals surface area contributed by atoms with E-state index in [4.69, 9.17) is 14.7 Å². The van der Waals surface area contributed by atoms with Gasteiger partial charge in [0.2, 0.25) is 0 Å². The van der Waals surface area contributed by atoms with Gasteiger partial charge in [-0.1, -0.05) is 30.3 Å². The molecule has 3 aromatic rings. The van der Waals surface area contributed by atoms with Gasteiger partial charge in [0.05, 0.1) is 23.7 Å². The lowest BCUT2D eigenvalue weighted by molar-refractivity contribution is -0.153. The van der Waals surface area contributed by atoms with Crippen LogP contribution in [0.25, 0.3) is 0 Å². The van der Waals surface area contributed by atoms with Crippen LogP contribution < -0.4 is 4.74 Å². The van der Waals surface area contributed by atoms with Gasteiger partial charge in [-0.15, -0.1) is 0 Å². The van der Waals surface area contributed by atoms with Crippen molar-refractivity contribution < 1.29 is 27.4 Å². The van der Waals surface area contributed by atoms with Crippen molar-refractivity contribution in [3.05, 3.63) is 83.4 Å². The first-order valence-corrected chi connectivity index (χ1v) is 11.7. The van der Waals surface area contributed by atoms with E-state index in [1.807, 2.05) is 18.3 Å². The van der Waals surface area contributed by atoms with Gasteiger partial charge in [-0.2, -0.15) is 18.4 Å². The number of aromatic nitrogens is 2. The number of halogens is 3. The Labute approximate surface area is 212 Å². The Morgan fingerprint density at radius 2 is 1.76 bits per heavy atom. The number of para-hydroxylation sites is 1. The lowest BCUT2D eigenvalue weighted by Gasteiger charge is -2.34. The third kappa shape index (κ3) is 7.47. The van der Waals surface area contributed by atoms with E-state index in [1.165, 1.54) is 6.07 Å². The normalized spacial score (nSPS) is 14.3. The number of nitriles is 1. The van der Waals surface area contributed by atoms with Crippen LogP contribution in [0.2, 0.25) is 0 Å². The van der Waals surface area contributed by atoms with Crippen molar-refractivity contribution in [1.82, 2.24) is 19.4 Å². The molecule has 0 atom stereocenters. The maximum absolute atomic E-state index is 12.6. The summed E-state index contributed by atoms with van der Waals surface area (Å²) in [6.45, 7) is 1.94.